The Morgan fingerprint density at radius 1 is 1.13 bits per heavy atom. The SMILES string of the molecule is CCC(CO)n1c(SCc2cc(=O)oc3cc(C)ccc23)nc2ccccc2c1=O. The van der Waals surface area contributed by atoms with E-state index in [1.54, 1.807) is 22.8 Å². The molecule has 0 aliphatic rings. The first-order valence-electron chi connectivity index (χ1n) is 9.80. The molecular weight excluding hydrogens is 400 g/mol. The molecule has 1 unspecified atom stereocenters. The van der Waals surface area contributed by atoms with Gasteiger partial charge in [0.25, 0.3) is 5.56 Å². The van der Waals surface area contributed by atoms with Crippen LogP contribution in [-0.4, -0.2) is 21.3 Å². The second kappa shape index (κ2) is 8.45. The Balaban J connectivity index is 1.81. The molecule has 7 heteroatoms. The van der Waals surface area contributed by atoms with E-state index in [2.05, 4.69) is 0 Å². The van der Waals surface area contributed by atoms with Gasteiger partial charge in [-0.25, -0.2) is 9.78 Å². The summed E-state index contributed by atoms with van der Waals surface area (Å²) < 4.78 is 6.91. The molecule has 0 spiro atoms. The summed E-state index contributed by atoms with van der Waals surface area (Å²) in [5.41, 5.74) is 2.41. The minimum atomic E-state index is -0.408. The Labute approximate surface area is 177 Å². The van der Waals surface area contributed by atoms with Gasteiger partial charge in [0.15, 0.2) is 5.16 Å². The van der Waals surface area contributed by atoms with E-state index in [9.17, 15) is 14.7 Å². The van der Waals surface area contributed by atoms with E-state index in [0.29, 0.717) is 33.8 Å². The van der Waals surface area contributed by atoms with Gasteiger partial charge >= 0.3 is 5.63 Å². The summed E-state index contributed by atoms with van der Waals surface area (Å²) in [4.78, 5) is 29.9. The van der Waals surface area contributed by atoms with Crippen LogP contribution in [0.5, 0.6) is 0 Å². The molecule has 4 rings (SSSR count). The predicted octanol–water partition coefficient (Wildman–Crippen LogP) is 4.05. The molecule has 0 aliphatic carbocycles. The summed E-state index contributed by atoms with van der Waals surface area (Å²) in [6.07, 6.45) is 0.598. The molecule has 1 atom stereocenters. The van der Waals surface area contributed by atoms with Gasteiger partial charge in [-0.05, 0) is 42.7 Å². The monoisotopic (exact) mass is 422 g/mol. The molecule has 0 fully saturated rings. The van der Waals surface area contributed by atoms with Crippen molar-refractivity contribution >= 4 is 33.6 Å². The first-order valence-corrected chi connectivity index (χ1v) is 10.8. The normalized spacial score (nSPS) is 12.5. The molecule has 6 nitrogen and oxygen atoms in total. The van der Waals surface area contributed by atoms with Crippen LogP contribution in [0.2, 0.25) is 0 Å². The molecule has 0 radical (unpaired) electrons. The number of aliphatic hydroxyl groups is 1. The van der Waals surface area contributed by atoms with Crippen molar-refractivity contribution in [3.63, 3.8) is 0 Å². The van der Waals surface area contributed by atoms with Crippen molar-refractivity contribution in [3.8, 4) is 0 Å². The molecule has 0 saturated heterocycles. The lowest BCUT2D eigenvalue weighted by Gasteiger charge is -2.20. The number of aryl methyl sites for hydroxylation is 1. The highest BCUT2D eigenvalue weighted by molar-refractivity contribution is 7.98. The topological polar surface area (TPSA) is 85.3 Å². The van der Waals surface area contributed by atoms with Crippen molar-refractivity contribution in [2.75, 3.05) is 6.61 Å². The summed E-state index contributed by atoms with van der Waals surface area (Å²) in [6.45, 7) is 3.72. The maximum Gasteiger partial charge on any atom is 0.336 e. The molecule has 154 valence electrons. The average molecular weight is 423 g/mol. The van der Waals surface area contributed by atoms with E-state index in [-0.39, 0.29) is 18.2 Å². The lowest BCUT2D eigenvalue weighted by molar-refractivity contribution is 0.213. The highest BCUT2D eigenvalue weighted by Gasteiger charge is 2.18. The fraction of sp³-hybridized carbons (Fsp3) is 0.261. The van der Waals surface area contributed by atoms with Crippen molar-refractivity contribution in [2.45, 2.75) is 37.2 Å². The highest BCUT2D eigenvalue weighted by Crippen LogP contribution is 2.28. The van der Waals surface area contributed by atoms with E-state index in [0.717, 1.165) is 16.5 Å². The van der Waals surface area contributed by atoms with Crippen LogP contribution < -0.4 is 11.2 Å². The zero-order chi connectivity index (χ0) is 21.3. The maximum atomic E-state index is 13.2. The summed E-state index contributed by atoms with van der Waals surface area (Å²) in [5, 5.41) is 11.7. The molecule has 0 amide bonds. The van der Waals surface area contributed by atoms with Gasteiger partial charge < -0.3 is 9.52 Å². The van der Waals surface area contributed by atoms with E-state index >= 15 is 0 Å². The van der Waals surface area contributed by atoms with Crippen LogP contribution in [0.25, 0.3) is 21.9 Å². The number of hydrogen-bond acceptors (Lipinski definition) is 6. The minimum absolute atomic E-state index is 0.152. The Kier molecular flexibility index (Phi) is 5.74. The standard InChI is InChI=1S/C23H22N2O4S/c1-3-16(12-26)25-22(28)18-6-4-5-7-19(18)24-23(25)30-13-15-11-21(27)29-20-10-14(2)8-9-17(15)20/h4-11,16,26H,3,12-13H2,1-2H3. The largest absolute Gasteiger partial charge is 0.423 e. The third kappa shape index (κ3) is 3.78. The first kappa shape index (κ1) is 20.4. The van der Waals surface area contributed by atoms with Crippen LogP contribution in [0.1, 0.15) is 30.5 Å². The van der Waals surface area contributed by atoms with Gasteiger partial charge in [-0.3, -0.25) is 9.36 Å². The molecule has 2 aromatic heterocycles. The van der Waals surface area contributed by atoms with Crippen LogP contribution in [-0.2, 0) is 5.75 Å². The van der Waals surface area contributed by atoms with Crippen molar-refractivity contribution in [1.82, 2.24) is 9.55 Å². The van der Waals surface area contributed by atoms with Gasteiger partial charge in [0, 0.05) is 17.2 Å². The number of rotatable bonds is 6. The molecule has 0 saturated carbocycles. The van der Waals surface area contributed by atoms with E-state index in [1.165, 1.54) is 17.8 Å². The quantitative estimate of drug-likeness (QED) is 0.287. The maximum absolute atomic E-state index is 13.2. The van der Waals surface area contributed by atoms with E-state index in [4.69, 9.17) is 9.40 Å². The number of hydrogen-bond donors (Lipinski definition) is 1. The van der Waals surface area contributed by atoms with Crippen LogP contribution >= 0.6 is 11.8 Å². The zero-order valence-electron chi connectivity index (χ0n) is 16.8. The molecule has 1 N–H and O–H groups in total. The third-order valence-electron chi connectivity index (χ3n) is 5.17. The molecule has 2 heterocycles. The van der Waals surface area contributed by atoms with Crippen molar-refractivity contribution < 1.29 is 9.52 Å². The van der Waals surface area contributed by atoms with Crippen molar-refractivity contribution in [3.05, 3.63) is 80.4 Å². The summed E-state index contributed by atoms with van der Waals surface area (Å²) in [5.74, 6) is 0.442. The van der Waals surface area contributed by atoms with Crippen LogP contribution in [0.3, 0.4) is 0 Å². The number of aliphatic hydroxyl groups excluding tert-OH is 1. The number of benzene rings is 2. The molecular formula is C23H22N2O4S. The number of thioether (sulfide) groups is 1. The van der Waals surface area contributed by atoms with Crippen molar-refractivity contribution in [1.29, 1.82) is 0 Å². The van der Waals surface area contributed by atoms with Crippen LogP contribution in [0.4, 0.5) is 0 Å². The Morgan fingerprint density at radius 2 is 1.93 bits per heavy atom. The van der Waals surface area contributed by atoms with Gasteiger partial charge in [0.05, 0.1) is 23.6 Å². The smallest absolute Gasteiger partial charge is 0.336 e. The predicted molar refractivity (Wildman–Crippen MR) is 119 cm³/mol. The summed E-state index contributed by atoms with van der Waals surface area (Å²) >= 11 is 1.38. The fourth-order valence-corrected chi connectivity index (χ4v) is 4.60. The minimum Gasteiger partial charge on any atom is -0.423 e. The lowest BCUT2D eigenvalue weighted by Crippen LogP contribution is -2.29. The third-order valence-corrected chi connectivity index (χ3v) is 6.17. The second-order valence-corrected chi connectivity index (χ2v) is 8.15. The van der Waals surface area contributed by atoms with Gasteiger partial charge in [-0.1, -0.05) is 43.0 Å². The Hall–Kier alpha value is -2.90. The molecule has 2 aromatic carbocycles. The van der Waals surface area contributed by atoms with Gasteiger partial charge in [-0.15, -0.1) is 0 Å². The fourth-order valence-electron chi connectivity index (χ4n) is 3.54. The van der Waals surface area contributed by atoms with E-state index < -0.39 is 5.63 Å². The van der Waals surface area contributed by atoms with Gasteiger partial charge in [0.1, 0.15) is 5.58 Å². The number of aromatic nitrogens is 2. The Bertz CT molecular complexity index is 1340. The zero-order valence-corrected chi connectivity index (χ0v) is 17.6. The highest BCUT2D eigenvalue weighted by atomic mass is 32.2. The number of nitrogens with zero attached hydrogens (tertiary/aromatic N) is 2. The first-order chi connectivity index (χ1) is 14.5. The van der Waals surface area contributed by atoms with E-state index in [1.807, 2.05) is 38.1 Å². The average Bonchev–Trinajstić information content (AvgIpc) is 2.74. The Morgan fingerprint density at radius 3 is 2.70 bits per heavy atom. The lowest BCUT2D eigenvalue weighted by atomic mass is 10.1. The van der Waals surface area contributed by atoms with Crippen molar-refractivity contribution in [2.24, 2.45) is 0 Å². The van der Waals surface area contributed by atoms with Gasteiger partial charge in [0.2, 0.25) is 0 Å². The second-order valence-electron chi connectivity index (χ2n) is 7.21. The summed E-state index contributed by atoms with van der Waals surface area (Å²) in [7, 11) is 0. The number of para-hydroxylation sites is 1. The summed E-state index contributed by atoms with van der Waals surface area (Å²) in [6, 6.07) is 14.1. The number of fused-ring (bicyclic) bond motifs is 2. The molecule has 0 bridgehead atoms. The molecule has 0 aliphatic heterocycles. The molecule has 4 aromatic rings. The van der Waals surface area contributed by atoms with Crippen LogP contribution in [0.15, 0.2) is 67.7 Å². The van der Waals surface area contributed by atoms with Crippen LogP contribution in [0, 0.1) is 6.92 Å². The van der Waals surface area contributed by atoms with Gasteiger partial charge in [-0.2, -0.15) is 0 Å². The molecule has 30 heavy (non-hydrogen) atoms.